The Balaban J connectivity index is 2.93. The van der Waals surface area contributed by atoms with Crippen LogP contribution in [0.2, 0.25) is 0 Å². The molecule has 0 aliphatic heterocycles. The summed E-state index contributed by atoms with van der Waals surface area (Å²) in [7, 11) is 0. The van der Waals surface area contributed by atoms with Gasteiger partial charge in [0, 0.05) is 5.69 Å². The van der Waals surface area contributed by atoms with Crippen LogP contribution in [0.15, 0.2) is 12.1 Å². The maximum absolute atomic E-state index is 11.3. The van der Waals surface area contributed by atoms with Crippen molar-refractivity contribution in [2.75, 3.05) is 17.7 Å². The molecular weight excluding hydrogens is 192 g/mol. The predicted octanol–water partition coefficient (Wildman–Crippen LogP) is 2.45. The van der Waals surface area contributed by atoms with Crippen molar-refractivity contribution in [3.8, 4) is 0 Å². The molecule has 0 aliphatic rings. The Labute approximate surface area is 89.4 Å². The Morgan fingerprint density at radius 2 is 2.13 bits per heavy atom. The summed E-state index contributed by atoms with van der Waals surface area (Å²) in [5, 5.41) is 2.68. The molecule has 0 atom stereocenters. The third-order valence-corrected chi connectivity index (χ3v) is 2.22. The van der Waals surface area contributed by atoms with Crippen molar-refractivity contribution >= 4 is 17.5 Å². The largest absolute Gasteiger partial charge is 0.450 e. The number of rotatable bonds is 2. The maximum atomic E-state index is 11.3. The van der Waals surface area contributed by atoms with Gasteiger partial charge in [-0.1, -0.05) is 6.07 Å². The zero-order chi connectivity index (χ0) is 11.4. The molecule has 0 heterocycles. The summed E-state index contributed by atoms with van der Waals surface area (Å²) < 4.78 is 4.80. The van der Waals surface area contributed by atoms with E-state index in [4.69, 9.17) is 10.5 Å². The number of benzene rings is 1. The third-order valence-electron chi connectivity index (χ3n) is 2.22. The quantitative estimate of drug-likeness (QED) is 0.734. The fourth-order valence-corrected chi connectivity index (χ4v) is 1.32. The standard InChI is InChI=1S/C11H16N2O2/c1-4-15-11(14)13-10-7(2)5-6-9(12)8(10)3/h5-6H,4,12H2,1-3H3,(H,13,14). The third kappa shape index (κ3) is 2.62. The van der Waals surface area contributed by atoms with Crippen LogP contribution in [0.4, 0.5) is 16.2 Å². The van der Waals surface area contributed by atoms with E-state index in [0.29, 0.717) is 12.3 Å². The van der Waals surface area contributed by atoms with Gasteiger partial charge >= 0.3 is 6.09 Å². The fraction of sp³-hybridized carbons (Fsp3) is 0.364. The van der Waals surface area contributed by atoms with Crippen LogP contribution >= 0.6 is 0 Å². The molecule has 1 aromatic rings. The van der Waals surface area contributed by atoms with E-state index < -0.39 is 6.09 Å². The van der Waals surface area contributed by atoms with Gasteiger partial charge in [-0.05, 0) is 38.0 Å². The number of hydrogen-bond donors (Lipinski definition) is 2. The van der Waals surface area contributed by atoms with Crippen molar-refractivity contribution in [3.63, 3.8) is 0 Å². The number of aryl methyl sites for hydroxylation is 1. The average molecular weight is 208 g/mol. The van der Waals surface area contributed by atoms with Crippen molar-refractivity contribution in [2.24, 2.45) is 0 Å². The van der Waals surface area contributed by atoms with Crippen molar-refractivity contribution in [1.29, 1.82) is 0 Å². The molecule has 0 unspecified atom stereocenters. The molecule has 1 rings (SSSR count). The van der Waals surface area contributed by atoms with Gasteiger partial charge in [0.1, 0.15) is 0 Å². The summed E-state index contributed by atoms with van der Waals surface area (Å²) in [6, 6.07) is 3.69. The minimum Gasteiger partial charge on any atom is -0.450 e. The van der Waals surface area contributed by atoms with E-state index in [0.717, 1.165) is 16.8 Å². The first kappa shape index (κ1) is 11.4. The fourth-order valence-electron chi connectivity index (χ4n) is 1.32. The molecule has 0 aromatic heterocycles. The molecule has 15 heavy (non-hydrogen) atoms. The van der Waals surface area contributed by atoms with Gasteiger partial charge < -0.3 is 10.5 Å². The van der Waals surface area contributed by atoms with Crippen LogP contribution in [0.3, 0.4) is 0 Å². The zero-order valence-electron chi connectivity index (χ0n) is 9.26. The minimum absolute atomic E-state index is 0.353. The van der Waals surface area contributed by atoms with Crippen LogP contribution in [0.1, 0.15) is 18.1 Å². The zero-order valence-corrected chi connectivity index (χ0v) is 9.26. The Kier molecular flexibility index (Phi) is 3.55. The molecule has 4 nitrogen and oxygen atoms in total. The van der Waals surface area contributed by atoms with E-state index in [9.17, 15) is 4.79 Å². The summed E-state index contributed by atoms with van der Waals surface area (Å²) in [5.41, 5.74) is 8.97. The second kappa shape index (κ2) is 4.68. The number of anilines is 2. The number of carbonyl (C=O) groups excluding carboxylic acids is 1. The lowest BCUT2D eigenvalue weighted by atomic mass is 10.1. The highest BCUT2D eigenvalue weighted by Gasteiger charge is 2.09. The first-order chi connectivity index (χ1) is 7.06. The summed E-state index contributed by atoms with van der Waals surface area (Å²) in [6.07, 6.45) is -0.450. The van der Waals surface area contributed by atoms with Gasteiger partial charge in [-0.3, -0.25) is 5.32 Å². The second-order valence-electron chi connectivity index (χ2n) is 3.32. The van der Waals surface area contributed by atoms with Crippen molar-refractivity contribution in [1.82, 2.24) is 0 Å². The van der Waals surface area contributed by atoms with Gasteiger partial charge in [-0.15, -0.1) is 0 Å². The van der Waals surface area contributed by atoms with Crippen LogP contribution in [0.25, 0.3) is 0 Å². The average Bonchev–Trinajstić information content (AvgIpc) is 2.19. The molecule has 4 heteroatoms. The van der Waals surface area contributed by atoms with Crippen molar-refractivity contribution in [3.05, 3.63) is 23.3 Å². The minimum atomic E-state index is -0.450. The molecule has 1 aromatic carbocycles. The molecule has 0 spiro atoms. The molecule has 0 bridgehead atoms. The number of nitrogens with one attached hydrogen (secondary N) is 1. The van der Waals surface area contributed by atoms with E-state index >= 15 is 0 Å². The molecule has 0 aliphatic carbocycles. The van der Waals surface area contributed by atoms with Gasteiger partial charge in [0.25, 0.3) is 0 Å². The number of amides is 1. The number of nitrogen functional groups attached to an aromatic ring is 1. The first-order valence-electron chi connectivity index (χ1n) is 4.85. The molecule has 0 saturated heterocycles. The lowest BCUT2D eigenvalue weighted by Gasteiger charge is -2.12. The molecule has 0 radical (unpaired) electrons. The highest BCUT2D eigenvalue weighted by Crippen LogP contribution is 2.25. The smallest absolute Gasteiger partial charge is 0.411 e. The van der Waals surface area contributed by atoms with E-state index in [1.807, 2.05) is 26.0 Å². The predicted molar refractivity (Wildman–Crippen MR) is 61.0 cm³/mol. The van der Waals surface area contributed by atoms with Gasteiger partial charge in [0.2, 0.25) is 0 Å². The Morgan fingerprint density at radius 3 is 2.73 bits per heavy atom. The highest BCUT2D eigenvalue weighted by molar-refractivity contribution is 5.88. The highest BCUT2D eigenvalue weighted by atomic mass is 16.5. The van der Waals surface area contributed by atoms with E-state index in [1.54, 1.807) is 6.92 Å². The van der Waals surface area contributed by atoms with Crippen LogP contribution in [0, 0.1) is 13.8 Å². The molecule has 82 valence electrons. The van der Waals surface area contributed by atoms with Gasteiger partial charge in [-0.25, -0.2) is 4.79 Å². The second-order valence-corrected chi connectivity index (χ2v) is 3.32. The maximum Gasteiger partial charge on any atom is 0.411 e. The molecule has 3 N–H and O–H groups in total. The SMILES string of the molecule is CCOC(=O)Nc1c(C)ccc(N)c1C. The van der Waals surface area contributed by atoms with Crippen molar-refractivity contribution in [2.45, 2.75) is 20.8 Å². The summed E-state index contributed by atoms with van der Waals surface area (Å²) in [5.74, 6) is 0. The normalized spacial score (nSPS) is 9.80. The van der Waals surface area contributed by atoms with Gasteiger partial charge in [-0.2, -0.15) is 0 Å². The van der Waals surface area contributed by atoms with E-state index in [-0.39, 0.29) is 0 Å². The van der Waals surface area contributed by atoms with E-state index in [1.165, 1.54) is 0 Å². The van der Waals surface area contributed by atoms with Crippen LogP contribution in [-0.2, 0) is 4.74 Å². The number of carbonyl (C=O) groups is 1. The summed E-state index contributed by atoms with van der Waals surface area (Å²) in [4.78, 5) is 11.3. The Hall–Kier alpha value is -1.71. The molecule has 0 fully saturated rings. The molecular formula is C11H16N2O2. The van der Waals surface area contributed by atoms with Gasteiger partial charge in [0.15, 0.2) is 0 Å². The van der Waals surface area contributed by atoms with Gasteiger partial charge in [0.05, 0.1) is 12.3 Å². The Morgan fingerprint density at radius 1 is 1.47 bits per heavy atom. The molecule has 0 saturated carbocycles. The Bertz CT molecular complexity index is 375. The van der Waals surface area contributed by atoms with E-state index in [2.05, 4.69) is 5.32 Å². The van der Waals surface area contributed by atoms with Crippen LogP contribution < -0.4 is 11.1 Å². The monoisotopic (exact) mass is 208 g/mol. The van der Waals surface area contributed by atoms with Crippen LogP contribution in [-0.4, -0.2) is 12.7 Å². The topological polar surface area (TPSA) is 64.3 Å². The lowest BCUT2D eigenvalue weighted by molar-refractivity contribution is 0.168. The summed E-state index contributed by atoms with van der Waals surface area (Å²) in [6.45, 7) is 5.89. The number of nitrogens with two attached hydrogens (primary N) is 1. The molecule has 1 amide bonds. The lowest BCUT2D eigenvalue weighted by Crippen LogP contribution is -2.15. The first-order valence-corrected chi connectivity index (χ1v) is 4.85. The number of ether oxygens (including phenoxy) is 1. The summed E-state index contributed by atoms with van der Waals surface area (Å²) >= 11 is 0. The van der Waals surface area contributed by atoms with Crippen LogP contribution in [0.5, 0.6) is 0 Å². The van der Waals surface area contributed by atoms with Crippen molar-refractivity contribution < 1.29 is 9.53 Å². The number of hydrogen-bond acceptors (Lipinski definition) is 3.